The average molecular weight is 429 g/mol. The molecular weight excluding hydrogens is 405 g/mol. The fourth-order valence-electron chi connectivity index (χ4n) is 3.66. The van der Waals surface area contributed by atoms with Crippen LogP contribution in [0.15, 0.2) is 48.0 Å². The second-order valence-corrected chi connectivity index (χ2v) is 6.96. The van der Waals surface area contributed by atoms with Crippen molar-refractivity contribution in [3.63, 3.8) is 0 Å². The number of hydrogen-bond acceptors (Lipinski definition) is 6. The van der Waals surface area contributed by atoms with Crippen LogP contribution in [0.4, 0.5) is 4.39 Å². The minimum atomic E-state index is -0.875. The van der Waals surface area contributed by atoms with Crippen LogP contribution in [0.5, 0.6) is 11.5 Å². The van der Waals surface area contributed by atoms with E-state index in [2.05, 4.69) is 0 Å². The molecule has 8 heteroatoms. The Labute approximate surface area is 179 Å². The van der Waals surface area contributed by atoms with Crippen LogP contribution in [0.25, 0.3) is 5.76 Å². The summed E-state index contributed by atoms with van der Waals surface area (Å²) in [6, 6.07) is 9.60. The van der Waals surface area contributed by atoms with Crippen LogP contribution in [-0.2, 0) is 14.3 Å². The SMILES string of the molecule is COCCCN1C(=O)C(=O)/C(=C(/O)c2cc(F)ccc2OC)C1c1cccc(OC)c1. The highest BCUT2D eigenvalue weighted by atomic mass is 19.1. The number of likely N-dealkylation sites (tertiary alicyclic amines) is 1. The van der Waals surface area contributed by atoms with Gasteiger partial charge in [-0.15, -0.1) is 0 Å². The lowest BCUT2D eigenvalue weighted by atomic mass is 9.94. The summed E-state index contributed by atoms with van der Waals surface area (Å²) in [5.41, 5.74) is 0.428. The van der Waals surface area contributed by atoms with Crippen LogP contribution in [0.1, 0.15) is 23.6 Å². The first-order valence-corrected chi connectivity index (χ1v) is 9.68. The zero-order chi connectivity index (χ0) is 22.5. The number of carbonyl (C=O) groups is 2. The number of halogens is 1. The van der Waals surface area contributed by atoms with Crippen LogP contribution < -0.4 is 9.47 Å². The van der Waals surface area contributed by atoms with Crippen molar-refractivity contribution in [3.05, 3.63) is 65.0 Å². The third-order valence-corrected chi connectivity index (χ3v) is 5.11. The van der Waals surface area contributed by atoms with Gasteiger partial charge in [0.25, 0.3) is 11.7 Å². The van der Waals surface area contributed by atoms with Crippen LogP contribution >= 0.6 is 0 Å². The molecule has 1 aliphatic heterocycles. The molecule has 3 rings (SSSR count). The van der Waals surface area contributed by atoms with Crippen molar-refractivity contribution < 1.29 is 33.3 Å². The number of aliphatic hydroxyl groups excluding tert-OH is 1. The van der Waals surface area contributed by atoms with Crippen molar-refractivity contribution in [1.29, 1.82) is 0 Å². The predicted molar refractivity (Wildman–Crippen MR) is 111 cm³/mol. The molecule has 1 aliphatic rings. The number of hydrogen-bond donors (Lipinski definition) is 1. The smallest absolute Gasteiger partial charge is 0.295 e. The largest absolute Gasteiger partial charge is 0.507 e. The molecule has 7 nitrogen and oxygen atoms in total. The maximum atomic E-state index is 13.9. The number of nitrogens with zero attached hydrogens (tertiary/aromatic N) is 1. The van der Waals surface area contributed by atoms with E-state index in [0.717, 1.165) is 6.07 Å². The number of Topliss-reactive ketones (excluding diaryl/α,β-unsaturated/α-hetero) is 1. The summed E-state index contributed by atoms with van der Waals surface area (Å²) in [6.07, 6.45) is 0.493. The molecule has 1 amide bonds. The molecule has 2 aromatic carbocycles. The Hall–Kier alpha value is -3.39. The average Bonchev–Trinajstić information content (AvgIpc) is 3.03. The zero-order valence-corrected chi connectivity index (χ0v) is 17.6. The first-order valence-electron chi connectivity index (χ1n) is 9.68. The number of methoxy groups -OCH3 is 3. The Balaban J connectivity index is 2.20. The van der Waals surface area contributed by atoms with Gasteiger partial charge in [0.15, 0.2) is 0 Å². The molecule has 1 fully saturated rings. The van der Waals surface area contributed by atoms with Crippen LogP contribution in [0, 0.1) is 5.82 Å². The summed E-state index contributed by atoms with van der Waals surface area (Å²) in [5, 5.41) is 11.1. The second kappa shape index (κ2) is 9.61. The molecule has 1 saturated heterocycles. The number of benzene rings is 2. The molecule has 1 heterocycles. The minimum Gasteiger partial charge on any atom is -0.507 e. The maximum absolute atomic E-state index is 13.9. The minimum absolute atomic E-state index is 0.00899. The maximum Gasteiger partial charge on any atom is 0.295 e. The summed E-state index contributed by atoms with van der Waals surface area (Å²) in [6.45, 7) is 0.628. The van der Waals surface area contributed by atoms with Crippen molar-refractivity contribution >= 4 is 17.4 Å². The Morgan fingerprint density at radius 1 is 1.10 bits per heavy atom. The molecule has 0 radical (unpaired) electrons. The lowest BCUT2D eigenvalue weighted by molar-refractivity contribution is -0.140. The van der Waals surface area contributed by atoms with E-state index >= 15 is 0 Å². The molecule has 1 atom stereocenters. The van der Waals surface area contributed by atoms with E-state index in [1.807, 2.05) is 0 Å². The quantitative estimate of drug-likeness (QED) is 0.300. The molecule has 2 aromatic rings. The highest BCUT2D eigenvalue weighted by Crippen LogP contribution is 2.41. The fourth-order valence-corrected chi connectivity index (χ4v) is 3.66. The molecule has 1 N–H and O–H groups in total. The van der Waals surface area contributed by atoms with Crippen molar-refractivity contribution in [1.82, 2.24) is 4.90 Å². The normalized spacial score (nSPS) is 17.8. The lowest BCUT2D eigenvalue weighted by Gasteiger charge is -2.25. The first-order chi connectivity index (χ1) is 14.9. The number of aliphatic hydroxyl groups is 1. The Morgan fingerprint density at radius 3 is 2.55 bits per heavy atom. The zero-order valence-electron chi connectivity index (χ0n) is 17.6. The van der Waals surface area contributed by atoms with Crippen LogP contribution in [0.3, 0.4) is 0 Å². The summed E-state index contributed by atoms with van der Waals surface area (Å²) in [5.74, 6) is -2.02. The van der Waals surface area contributed by atoms with Crippen LogP contribution in [-0.4, -0.2) is 56.2 Å². The molecule has 31 heavy (non-hydrogen) atoms. The first kappa shape index (κ1) is 22.3. The third-order valence-electron chi connectivity index (χ3n) is 5.11. The van der Waals surface area contributed by atoms with E-state index in [9.17, 15) is 19.1 Å². The van der Waals surface area contributed by atoms with Crippen molar-refractivity contribution in [2.24, 2.45) is 0 Å². The molecule has 0 bridgehead atoms. The van der Waals surface area contributed by atoms with E-state index in [0.29, 0.717) is 24.3 Å². The predicted octanol–water partition coefficient (Wildman–Crippen LogP) is 3.30. The molecule has 0 saturated carbocycles. The highest BCUT2D eigenvalue weighted by Gasteiger charge is 2.46. The summed E-state index contributed by atoms with van der Waals surface area (Å²) in [4.78, 5) is 27.2. The number of amides is 1. The Kier molecular flexibility index (Phi) is 6.91. The van der Waals surface area contributed by atoms with E-state index in [4.69, 9.17) is 14.2 Å². The van der Waals surface area contributed by atoms with Gasteiger partial charge in [-0.3, -0.25) is 9.59 Å². The van der Waals surface area contributed by atoms with Gasteiger partial charge in [0.1, 0.15) is 23.1 Å². The van der Waals surface area contributed by atoms with Crippen molar-refractivity contribution in [3.8, 4) is 11.5 Å². The van der Waals surface area contributed by atoms with Gasteiger partial charge in [-0.05, 0) is 42.3 Å². The van der Waals surface area contributed by atoms with Gasteiger partial charge in [0, 0.05) is 20.3 Å². The number of carbonyl (C=O) groups excluding carboxylic acids is 2. The van der Waals surface area contributed by atoms with Crippen molar-refractivity contribution in [2.45, 2.75) is 12.5 Å². The molecule has 0 spiro atoms. The van der Waals surface area contributed by atoms with Gasteiger partial charge in [0.2, 0.25) is 0 Å². The van der Waals surface area contributed by atoms with Gasteiger partial charge >= 0.3 is 0 Å². The van der Waals surface area contributed by atoms with Gasteiger partial charge < -0.3 is 24.2 Å². The molecule has 0 aromatic heterocycles. The Morgan fingerprint density at radius 2 is 1.87 bits per heavy atom. The number of rotatable bonds is 8. The number of ketones is 1. The summed E-state index contributed by atoms with van der Waals surface area (Å²) >= 11 is 0. The monoisotopic (exact) mass is 429 g/mol. The van der Waals surface area contributed by atoms with Crippen LogP contribution in [0.2, 0.25) is 0 Å². The molecule has 0 aliphatic carbocycles. The summed E-state index contributed by atoms with van der Waals surface area (Å²) < 4.78 is 29.5. The highest BCUT2D eigenvalue weighted by molar-refractivity contribution is 6.46. The molecule has 1 unspecified atom stereocenters. The van der Waals surface area contributed by atoms with E-state index in [-0.39, 0.29) is 23.4 Å². The second-order valence-electron chi connectivity index (χ2n) is 6.96. The standard InChI is InChI=1S/C23H24FNO6/c1-29-11-5-10-25-20(14-6-4-7-16(12-14)30-2)19(22(27)23(25)28)21(26)17-13-15(24)8-9-18(17)31-3/h4,6-9,12-13,20,26H,5,10-11H2,1-3H3/b21-19+. The third kappa shape index (κ3) is 4.39. The van der Waals surface area contributed by atoms with Gasteiger partial charge in [-0.1, -0.05) is 12.1 Å². The van der Waals surface area contributed by atoms with E-state index < -0.39 is 29.3 Å². The van der Waals surface area contributed by atoms with E-state index in [1.165, 1.54) is 31.3 Å². The molecular formula is C23H24FNO6. The van der Waals surface area contributed by atoms with Gasteiger partial charge in [-0.25, -0.2) is 4.39 Å². The molecule has 164 valence electrons. The summed E-state index contributed by atoms with van der Waals surface area (Å²) in [7, 11) is 4.42. The van der Waals surface area contributed by atoms with Gasteiger partial charge in [0.05, 0.1) is 31.4 Å². The Bertz CT molecular complexity index is 1020. The van der Waals surface area contributed by atoms with Gasteiger partial charge in [-0.2, -0.15) is 0 Å². The fraction of sp³-hybridized carbons (Fsp3) is 0.304. The van der Waals surface area contributed by atoms with Crippen molar-refractivity contribution in [2.75, 3.05) is 34.5 Å². The van der Waals surface area contributed by atoms with E-state index in [1.54, 1.807) is 31.4 Å². The lowest BCUT2D eigenvalue weighted by Crippen LogP contribution is -2.31. The number of ether oxygens (including phenoxy) is 3. The topological polar surface area (TPSA) is 85.3 Å².